The number of sulfonamides is 1. The van der Waals surface area contributed by atoms with Crippen LogP contribution >= 0.6 is 11.3 Å². The van der Waals surface area contributed by atoms with E-state index in [9.17, 15) is 13.2 Å². The molecule has 2 N–H and O–H groups in total. The summed E-state index contributed by atoms with van der Waals surface area (Å²) in [5, 5.41) is 8.95. The number of nitrogens with zero attached hydrogens (tertiary/aromatic N) is 1. The molecule has 1 aromatic heterocycles. The van der Waals surface area contributed by atoms with Crippen LogP contribution in [0.5, 0.6) is 5.75 Å². The summed E-state index contributed by atoms with van der Waals surface area (Å²) in [5.41, 5.74) is 0.264. The molecule has 7 nitrogen and oxygen atoms in total. The average Bonchev–Trinajstić information content (AvgIpc) is 2.79. The normalized spacial score (nSPS) is 11.1. The van der Waals surface area contributed by atoms with Gasteiger partial charge in [0.2, 0.25) is 0 Å². The Labute approximate surface area is 125 Å². The van der Waals surface area contributed by atoms with Crippen molar-refractivity contribution >= 4 is 32.5 Å². The van der Waals surface area contributed by atoms with Crippen LogP contribution in [0.3, 0.4) is 0 Å². The molecule has 0 unspecified atom stereocenters. The largest absolute Gasteiger partial charge is 0.497 e. The zero-order valence-electron chi connectivity index (χ0n) is 11.2. The number of aromatic nitrogens is 1. The summed E-state index contributed by atoms with van der Waals surface area (Å²) in [6.07, 6.45) is 0. The van der Waals surface area contributed by atoms with Gasteiger partial charge in [0.1, 0.15) is 10.6 Å². The number of anilines is 1. The Balaban J connectivity index is 2.28. The molecular weight excluding hydrogens is 316 g/mol. The standard InChI is InChI=1S/C12H12N2O5S2/c1-7-10(11(15)16)20-12(13-7)14-21(17,18)9-5-3-8(19-2)4-6-9/h3-6H,1-2H3,(H,13,14)(H,15,16). The second-order valence-corrected chi connectivity index (χ2v) is 6.70. The second-order valence-electron chi connectivity index (χ2n) is 4.02. The van der Waals surface area contributed by atoms with Gasteiger partial charge in [-0.3, -0.25) is 4.72 Å². The molecular formula is C12H12N2O5S2. The Kier molecular flexibility index (Phi) is 4.14. The Morgan fingerprint density at radius 3 is 2.43 bits per heavy atom. The molecule has 0 aliphatic heterocycles. The summed E-state index contributed by atoms with van der Waals surface area (Å²) in [4.78, 5) is 14.9. The first kappa shape index (κ1) is 15.3. The molecule has 0 saturated carbocycles. The molecule has 0 fully saturated rings. The minimum absolute atomic E-state index is 0.00225. The number of methoxy groups -OCH3 is 1. The predicted molar refractivity (Wildman–Crippen MR) is 77.6 cm³/mol. The lowest BCUT2D eigenvalue weighted by Crippen LogP contribution is -2.12. The van der Waals surface area contributed by atoms with E-state index in [4.69, 9.17) is 9.84 Å². The quantitative estimate of drug-likeness (QED) is 0.869. The Morgan fingerprint density at radius 2 is 1.95 bits per heavy atom. The minimum Gasteiger partial charge on any atom is -0.497 e. The molecule has 112 valence electrons. The van der Waals surface area contributed by atoms with Gasteiger partial charge in [-0.15, -0.1) is 0 Å². The number of rotatable bonds is 5. The molecule has 2 rings (SSSR count). The number of nitrogens with one attached hydrogen (secondary N) is 1. The van der Waals surface area contributed by atoms with E-state index in [1.165, 1.54) is 38.3 Å². The fourth-order valence-corrected chi connectivity index (χ4v) is 3.61. The molecule has 0 aliphatic carbocycles. The van der Waals surface area contributed by atoms with Crippen molar-refractivity contribution in [3.05, 3.63) is 34.8 Å². The predicted octanol–water partition coefficient (Wildman–Crippen LogP) is 1.96. The summed E-state index contributed by atoms with van der Waals surface area (Å²) in [5.74, 6) is -0.605. The van der Waals surface area contributed by atoms with Gasteiger partial charge in [-0.25, -0.2) is 18.2 Å². The van der Waals surface area contributed by atoms with Gasteiger partial charge in [0.25, 0.3) is 10.0 Å². The average molecular weight is 328 g/mol. The summed E-state index contributed by atoms with van der Waals surface area (Å²) < 4.78 is 31.5. The number of carboxylic acids is 1. The van der Waals surface area contributed by atoms with Crippen LogP contribution in [0.15, 0.2) is 29.2 Å². The first-order valence-electron chi connectivity index (χ1n) is 5.71. The number of hydrogen-bond donors (Lipinski definition) is 2. The topological polar surface area (TPSA) is 106 Å². The van der Waals surface area contributed by atoms with Crippen LogP contribution in [0.25, 0.3) is 0 Å². The Bertz CT molecular complexity index is 765. The van der Waals surface area contributed by atoms with Crippen molar-refractivity contribution in [2.45, 2.75) is 11.8 Å². The number of hydrogen-bond acceptors (Lipinski definition) is 6. The molecule has 21 heavy (non-hydrogen) atoms. The molecule has 0 bridgehead atoms. The monoisotopic (exact) mass is 328 g/mol. The van der Waals surface area contributed by atoms with Crippen LogP contribution in [0.1, 0.15) is 15.4 Å². The van der Waals surface area contributed by atoms with Crippen LogP contribution in [0.2, 0.25) is 0 Å². The molecule has 0 saturated heterocycles. The molecule has 0 aliphatic rings. The number of aromatic carboxylic acids is 1. The van der Waals surface area contributed by atoms with Crippen LogP contribution in [0, 0.1) is 6.92 Å². The van der Waals surface area contributed by atoms with Gasteiger partial charge >= 0.3 is 5.97 Å². The van der Waals surface area contributed by atoms with Crippen molar-refractivity contribution in [3.63, 3.8) is 0 Å². The smallest absolute Gasteiger partial charge is 0.347 e. The highest BCUT2D eigenvalue weighted by atomic mass is 32.2. The number of aryl methyl sites for hydroxylation is 1. The summed E-state index contributed by atoms with van der Waals surface area (Å²) in [6.45, 7) is 1.51. The first-order chi connectivity index (χ1) is 9.83. The molecule has 0 atom stereocenters. The summed E-state index contributed by atoms with van der Waals surface area (Å²) in [7, 11) is -2.34. The van der Waals surface area contributed by atoms with Crippen molar-refractivity contribution in [1.29, 1.82) is 0 Å². The van der Waals surface area contributed by atoms with Crippen molar-refractivity contribution in [1.82, 2.24) is 4.98 Å². The number of thiazole rings is 1. The van der Waals surface area contributed by atoms with Crippen molar-refractivity contribution < 1.29 is 23.1 Å². The van der Waals surface area contributed by atoms with E-state index in [1.54, 1.807) is 0 Å². The molecule has 0 radical (unpaired) electrons. The van der Waals surface area contributed by atoms with Gasteiger partial charge in [0, 0.05) is 0 Å². The maximum Gasteiger partial charge on any atom is 0.347 e. The number of ether oxygens (including phenoxy) is 1. The van der Waals surface area contributed by atoms with Crippen LogP contribution in [-0.4, -0.2) is 31.6 Å². The maximum atomic E-state index is 12.2. The third-order valence-electron chi connectivity index (χ3n) is 2.58. The highest BCUT2D eigenvalue weighted by molar-refractivity contribution is 7.93. The Morgan fingerprint density at radius 1 is 1.33 bits per heavy atom. The fourth-order valence-electron chi connectivity index (χ4n) is 1.57. The van der Waals surface area contributed by atoms with Crippen molar-refractivity contribution in [2.75, 3.05) is 11.8 Å². The van der Waals surface area contributed by atoms with E-state index in [-0.39, 0.29) is 20.6 Å². The summed E-state index contributed by atoms with van der Waals surface area (Å²) >= 11 is 0.771. The lowest BCUT2D eigenvalue weighted by atomic mass is 10.3. The van der Waals surface area contributed by atoms with Gasteiger partial charge in [-0.2, -0.15) is 0 Å². The third-order valence-corrected chi connectivity index (χ3v) is 5.13. The number of carbonyl (C=O) groups is 1. The molecule has 0 amide bonds. The van der Waals surface area contributed by atoms with Gasteiger partial charge in [-0.05, 0) is 31.2 Å². The maximum absolute atomic E-state index is 12.2. The molecule has 2 aromatic rings. The molecule has 1 heterocycles. The first-order valence-corrected chi connectivity index (χ1v) is 8.01. The lowest BCUT2D eigenvalue weighted by molar-refractivity contribution is 0.0701. The molecule has 9 heteroatoms. The van der Waals surface area contributed by atoms with Gasteiger partial charge in [0.15, 0.2) is 5.13 Å². The SMILES string of the molecule is COc1ccc(S(=O)(=O)Nc2nc(C)c(C(=O)O)s2)cc1. The third kappa shape index (κ3) is 3.31. The van der Waals surface area contributed by atoms with Crippen LogP contribution in [-0.2, 0) is 10.0 Å². The van der Waals surface area contributed by atoms with E-state index in [0.717, 1.165) is 11.3 Å². The van der Waals surface area contributed by atoms with Crippen LogP contribution in [0.4, 0.5) is 5.13 Å². The van der Waals surface area contributed by atoms with Gasteiger partial charge < -0.3 is 9.84 Å². The second kappa shape index (κ2) is 5.70. The highest BCUT2D eigenvalue weighted by Gasteiger charge is 2.19. The zero-order valence-corrected chi connectivity index (χ0v) is 12.8. The van der Waals surface area contributed by atoms with E-state index < -0.39 is 16.0 Å². The molecule has 0 spiro atoms. The molecule has 1 aromatic carbocycles. The summed E-state index contributed by atoms with van der Waals surface area (Å²) in [6, 6.07) is 5.81. The van der Waals surface area contributed by atoms with Crippen LogP contribution < -0.4 is 9.46 Å². The van der Waals surface area contributed by atoms with Crippen molar-refractivity contribution in [2.24, 2.45) is 0 Å². The fraction of sp³-hybridized carbons (Fsp3) is 0.167. The van der Waals surface area contributed by atoms with Crippen molar-refractivity contribution in [3.8, 4) is 5.75 Å². The van der Waals surface area contributed by atoms with Gasteiger partial charge in [-0.1, -0.05) is 11.3 Å². The minimum atomic E-state index is -3.82. The highest BCUT2D eigenvalue weighted by Crippen LogP contribution is 2.25. The number of benzene rings is 1. The number of carboxylic acid groups (broad SMARTS) is 1. The lowest BCUT2D eigenvalue weighted by Gasteiger charge is -2.05. The van der Waals surface area contributed by atoms with E-state index >= 15 is 0 Å². The van der Waals surface area contributed by atoms with Gasteiger partial charge in [0.05, 0.1) is 17.7 Å². The van der Waals surface area contributed by atoms with E-state index in [1.807, 2.05) is 0 Å². The van der Waals surface area contributed by atoms with E-state index in [0.29, 0.717) is 5.75 Å². The zero-order chi connectivity index (χ0) is 15.6. The van der Waals surface area contributed by atoms with E-state index in [2.05, 4.69) is 9.71 Å². The Hall–Kier alpha value is -2.13.